The van der Waals surface area contributed by atoms with Crippen molar-refractivity contribution in [1.29, 1.82) is 0 Å². The van der Waals surface area contributed by atoms with E-state index >= 15 is 0 Å². The monoisotopic (exact) mass is 380 g/mol. The zero-order chi connectivity index (χ0) is 19.3. The third-order valence-corrected chi connectivity index (χ3v) is 4.47. The molecule has 0 saturated carbocycles. The van der Waals surface area contributed by atoms with Crippen molar-refractivity contribution in [2.75, 3.05) is 38.2 Å². The highest BCUT2D eigenvalue weighted by atomic mass is 16.5. The fraction of sp³-hybridized carbons (Fsp3) is 0.238. The van der Waals surface area contributed by atoms with Crippen LogP contribution in [0.25, 0.3) is 11.0 Å². The lowest BCUT2D eigenvalue weighted by Crippen LogP contribution is -2.40. The Morgan fingerprint density at radius 2 is 1.71 bits per heavy atom. The van der Waals surface area contributed by atoms with Crippen molar-refractivity contribution < 1.29 is 23.5 Å². The minimum atomic E-state index is -0.369. The van der Waals surface area contributed by atoms with Gasteiger partial charge in [-0.1, -0.05) is 30.3 Å². The maximum atomic E-state index is 12.9. The molecule has 0 unspecified atom stereocenters. The number of para-hydroxylation sites is 2. The van der Waals surface area contributed by atoms with E-state index in [0.717, 1.165) is 0 Å². The number of nitrogens with one attached hydrogen (secondary N) is 1. The van der Waals surface area contributed by atoms with E-state index in [1.165, 1.54) is 0 Å². The van der Waals surface area contributed by atoms with Crippen LogP contribution in [0.4, 0.5) is 5.69 Å². The van der Waals surface area contributed by atoms with E-state index in [-0.39, 0.29) is 24.2 Å². The summed E-state index contributed by atoms with van der Waals surface area (Å²) in [4.78, 5) is 27.1. The molecule has 1 saturated heterocycles. The lowest BCUT2D eigenvalue weighted by molar-refractivity contribution is -0.118. The van der Waals surface area contributed by atoms with Crippen molar-refractivity contribution in [1.82, 2.24) is 4.90 Å². The quantitative estimate of drug-likeness (QED) is 0.736. The van der Waals surface area contributed by atoms with Crippen LogP contribution in [-0.2, 0) is 9.53 Å². The van der Waals surface area contributed by atoms with Gasteiger partial charge in [-0.15, -0.1) is 0 Å². The topological polar surface area (TPSA) is 81.0 Å². The molecule has 1 aromatic heterocycles. The van der Waals surface area contributed by atoms with Crippen LogP contribution in [0.2, 0.25) is 0 Å². The first-order chi connectivity index (χ1) is 13.7. The molecule has 4 rings (SSSR count). The standard InChI is InChI=1S/C21H20N2O5/c24-18(14-27-15-6-2-1-3-7-15)22-19-16-8-4-5-9-17(16)28-20(19)21(25)23-10-12-26-13-11-23/h1-9H,10-14H2,(H,22,24). The maximum Gasteiger partial charge on any atom is 0.291 e. The SMILES string of the molecule is O=C(COc1ccccc1)Nc1c(C(=O)N2CCOCC2)oc2ccccc12. The summed E-state index contributed by atoms with van der Waals surface area (Å²) in [6, 6.07) is 16.3. The number of benzene rings is 2. The summed E-state index contributed by atoms with van der Waals surface area (Å²) < 4.78 is 16.6. The predicted octanol–water partition coefficient (Wildman–Crippen LogP) is 2.92. The molecular weight excluding hydrogens is 360 g/mol. The molecular formula is C21H20N2O5. The molecule has 1 aliphatic heterocycles. The number of morpholine rings is 1. The van der Waals surface area contributed by atoms with Gasteiger partial charge in [0.2, 0.25) is 5.76 Å². The zero-order valence-electron chi connectivity index (χ0n) is 15.2. The molecule has 0 aliphatic carbocycles. The first-order valence-corrected chi connectivity index (χ1v) is 9.08. The van der Waals surface area contributed by atoms with Crippen LogP contribution >= 0.6 is 0 Å². The highest BCUT2D eigenvalue weighted by Crippen LogP contribution is 2.32. The van der Waals surface area contributed by atoms with Gasteiger partial charge in [-0.25, -0.2) is 0 Å². The molecule has 2 aromatic carbocycles. The summed E-state index contributed by atoms with van der Waals surface area (Å²) in [5, 5.41) is 3.46. The predicted molar refractivity (Wildman–Crippen MR) is 104 cm³/mol. The molecule has 0 bridgehead atoms. The summed E-state index contributed by atoms with van der Waals surface area (Å²) in [5.74, 6) is 0.0840. The van der Waals surface area contributed by atoms with Crippen molar-refractivity contribution in [2.24, 2.45) is 0 Å². The van der Waals surface area contributed by atoms with E-state index in [0.29, 0.717) is 48.7 Å². The molecule has 0 atom stereocenters. The second-order valence-corrected chi connectivity index (χ2v) is 6.36. The zero-order valence-corrected chi connectivity index (χ0v) is 15.2. The maximum absolute atomic E-state index is 12.9. The molecule has 1 N–H and O–H groups in total. The van der Waals surface area contributed by atoms with Gasteiger partial charge < -0.3 is 24.1 Å². The number of carbonyl (C=O) groups excluding carboxylic acids is 2. The third kappa shape index (κ3) is 3.84. The Hall–Kier alpha value is -3.32. The number of carbonyl (C=O) groups is 2. The van der Waals surface area contributed by atoms with Gasteiger partial charge in [-0.3, -0.25) is 9.59 Å². The number of furan rings is 1. The number of rotatable bonds is 5. The van der Waals surface area contributed by atoms with Gasteiger partial charge in [0.15, 0.2) is 6.61 Å². The summed E-state index contributed by atoms with van der Waals surface area (Å²) in [6.45, 7) is 1.77. The number of ether oxygens (including phenoxy) is 2. The van der Waals surface area contributed by atoms with Crippen molar-refractivity contribution in [3.63, 3.8) is 0 Å². The molecule has 2 heterocycles. The van der Waals surface area contributed by atoms with Crippen LogP contribution in [0.1, 0.15) is 10.6 Å². The molecule has 144 valence electrons. The fourth-order valence-electron chi connectivity index (χ4n) is 3.07. The second-order valence-electron chi connectivity index (χ2n) is 6.36. The summed E-state index contributed by atoms with van der Waals surface area (Å²) in [7, 11) is 0. The van der Waals surface area contributed by atoms with Crippen LogP contribution in [0.3, 0.4) is 0 Å². The van der Waals surface area contributed by atoms with Gasteiger partial charge in [-0.05, 0) is 24.3 Å². The van der Waals surface area contributed by atoms with Crippen LogP contribution in [0, 0.1) is 0 Å². The van der Waals surface area contributed by atoms with Crippen molar-refractivity contribution >= 4 is 28.5 Å². The minimum Gasteiger partial charge on any atom is -0.484 e. The second kappa shape index (κ2) is 8.14. The normalized spacial score (nSPS) is 14.1. The largest absolute Gasteiger partial charge is 0.484 e. The molecule has 7 nitrogen and oxygen atoms in total. The molecule has 3 aromatic rings. The van der Waals surface area contributed by atoms with Gasteiger partial charge >= 0.3 is 0 Å². The molecule has 0 radical (unpaired) electrons. The van der Waals surface area contributed by atoms with E-state index in [4.69, 9.17) is 13.9 Å². The highest BCUT2D eigenvalue weighted by Gasteiger charge is 2.27. The van der Waals surface area contributed by atoms with Crippen LogP contribution in [0.5, 0.6) is 5.75 Å². The minimum absolute atomic E-state index is 0.121. The Bertz CT molecular complexity index is 977. The smallest absolute Gasteiger partial charge is 0.291 e. The Morgan fingerprint density at radius 3 is 2.50 bits per heavy atom. The summed E-state index contributed by atoms with van der Waals surface area (Å²) in [5.41, 5.74) is 0.909. The third-order valence-electron chi connectivity index (χ3n) is 4.47. The Kier molecular flexibility index (Phi) is 5.25. The van der Waals surface area contributed by atoms with Crippen molar-refractivity contribution in [3.05, 3.63) is 60.4 Å². The average molecular weight is 380 g/mol. The summed E-state index contributed by atoms with van der Waals surface area (Å²) in [6.07, 6.45) is 0. The van der Waals surface area contributed by atoms with E-state index in [2.05, 4.69) is 5.32 Å². The molecule has 28 heavy (non-hydrogen) atoms. The van der Waals surface area contributed by atoms with Crippen LogP contribution in [0.15, 0.2) is 59.0 Å². The fourth-order valence-corrected chi connectivity index (χ4v) is 3.07. The number of hydrogen-bond acceptors (Lipinski definition) is 5. The lowest BCUT2D eigenvalue weighted by Gasteiger charge is -2.26. The van der Waals surface area contributed by atoms with E-state index < -0.39 is 0 Å². The van der Waals surface area contributed by atoms with E-state index in [9.17, 15) is 9.59 Å². The van der Waals surface area contributed by atoms with Crippen LogP contribution in [-0.4, -0.2) is 49.6 Å². The number of anilines is 1. The van der Waals surface area contributed by atoms with E-state index in [1.54, 1.807) is 23.1 Å². The number of hydrogen-bond donors (Lipinski definition) is 1. The van der Waals surface area contributed by atoms with Crippen molar-refractivity contribution in [2.45, 2.75) is 0 Å². The number of nitrogens with zero attached hydrogens (tertiary/aromatic N) is 1. The average Bonchev–Trinajstić information content (AvgIpc) is 3.11. The van der Waals surface area contributed by atoms with Gasteiger partial charge in [0.05, 0.1) is 13.2 Å². The Morgan fingerprint density at radius 1 is 1.00 bits per heavy atom. The lowest BCUT2D eigenvalue weighted by atomic mass is 10.2. The van der Waals surface area contributed by atoms with Gasteiger partial charge in [0.25, 0.3) is 11.8 Å². The molecule has 7 heteroatoms. The van der Waals surface area contributed by atoms with Gasteiger partial charge in [0.1, 0.15) is 17.0 Å². The Labute approximate surface area is 161 Å². The summed E-state index contributed by atoms with van der Waals surface area (Å²) >= 11 is 0. The van der Waals surface area contributed by atoms with E-state index in [1.807, 2.05) is 36.4 Å². The number of fused-ring (bicyclic) bond motifs is 1. The molecule has 1 fully saturated rings. The van der Waals surface area contributed by atoms with Crippen molar-refractivity contribution in [3.8, 4) is 5.75 Å². The Balaban J connectivity index is 1.56. The van der Waals surface area contributed by atoms with Gasteiger partial charge in [0, 0.05) is 18.5 Å². The molecule has 1 aliphatic rings. The highest BCUT2D eigenvalue weighted by molar-refractivity contribution is 6.11. The van der Waals surface area contributed by atoms with Crippen LogP contribution < -0.4 is 10.1 Å². The first kappa shape index (κ1) is 18.1. The number of amides is 2. The molecule has 2 amide bonds. The molecule has 0 spiro atoms. The first-order valence-electron chi connectivity index (χ1n) is 9.08. The van der Waals surface area contributed by atoms with Gasteiger partial charge in [-0.2, -0.15) is 0 Å².